The maximum Gasteiger partial charge on any atom is 0.255 e. The highest BCUT2D eigenvalue weighted by atomic mass is 35.5. The molecule has 4 aromatic rings. The van der Waals surface area contributed by atoms with E-state index in [1.54, 1.807) is 29.9 Å². The van der Waals surface area contributed by atoms with Crippen LogP contribution in [0.4, 0.5) is 0 Å². The zero-order valence-corrected chi connectivity index (χ0v) is 18.9. The molecule has 0 atom stereocenters. The van der Waals surface area contributed by atoms with Crippen LogP contribution in [0.2, 0.25) is 5.02 Å². The predicted octanol–water partition coefficient (Wildman–Crippen LogP) is 5.21. The lowest BCUT2D eigenvalue weighted by molar-refractivity contribution is 0.308. The summed E-state index contributed by atoms with van der Waals surface area (Å²) in [5.74, 6) is 0.635. The summed E-state index contributed by atoms with van der Waals surface area (Å²) in [6.45, 7) is 5.96. The van der Waals surface area contributed by atoms with Crippen molar-refractivity contribution in [2.24, 2.45) is 0 Å². The molecule has 0 aliphatic carbocycles. The predicted molar refractivity (Wildman–Crippen MR) is 131 cm³/mol. The van der Waals surface area contributed by atoms with Crippen molar-refractivity contribution < 1.29 is 4.74 Å². The fourth-order valence-electron chi connectivity index (χ4n) is 4.63. The molecule has 6 heteroatoms. The van der Waals surface area contributed by atoms with Crippen LogP contribution in [-0.4, -0.2) is 34.7 Å². The second-order valence-corrected chi connectivity index (χ2v) is 8.57. The second kappa shape index (κ2) is 8.01. The van der Waals surface area contributed by atoms with Crippen molar-refractivity contribution in [2.75, 3.05) is 20.7 Å². The third-order valence-corrected chi connectivity index (χ3v) is 6.46. The van der Waals surface area contributed by atoms with E-state index in [0.29, 0.717) is 10.8 Å². The first-order chi connectivity index (χ1) is 15.5. The summed E-state index contributed by atoms with van der Waals surface area (Å²) in [4.78, 5) is 15.4. The van der Waals surface area contributed by atoms with Gasteiger partial charge in [-0.3, -0.25) is 9.36 Å². The lowest BCUT2D eigenvalue weighted by Crippen LogP contribution is -2.27. The number of hydrogen-bond donors (Lipinski definition) is 0. The van der Waals surface area contributed by atoms with Gasteiger partial charge in [0.25, 0.3) is 5.56 Å². The lowest BCUT2D eigenvalue weighted by Gasteiger charge is -2.23. The highest BCUT2D eigenvalue weighted by Crippen LogP contribution is 2.33. The number of halogens is 1. The zero-order valence-electron chi connectivity index (χ0n) is 18.1. The van der Waals surface area contributed by atoms with E-state index < -0.39 is 0 Å². The van der Waals surface area contributed by atoms with Crippen molar-refractivity contribution in [3.05, 3.63) is 87.9 Å². The average molecular weight is 446 g/mol. The molecule has 0 saturated heterocycles. The van der Waals surface area contributed by atoms with Crippen molar-refractivity contribution in [2.45, 2.75) is 13.0 Å². The molecule has 2 aromatic heterocycles. The Morgan fingerprint density at radius 2 is 1.97 bits per heavy atom. The van der Waals surface area contributed by atoms with E-state index in [0.717, 1.165) is 41.8 Å². The number of likely N-dealkylation sites (N-methyl/N-ethyl adjacent to an activating group) is 1. The van der Waals surface area contributed by atoms with Gasteiger partial charge in [0.2, 0.25) is 0 Å². The first-order valence-electron chi connectivity index (χ1n) is 10.5. The monoisotopic (exact) mass is 445 g/mol. The summed E-state index contributed by atoms with van der Waals surface area (Å²) in [5, 5.41) is 1.82. The Labute approximate surface area is 191 Å². The lowest BCUT2D eigenvalue weighted by atomic mass is 10.0. The van der Waals surface area contributed by atoms with Gasteiger partial charge in [-0.15, -0.1) is 0 Å². The fourth-order valence-corrected chi connectivity index (χ4v) is 4.79. The van der Waals surface area contributed by atoms with Crippen molar-refractivity contribution in [3.8, 4) is 22.6 Å². The third kappa shape index (κ3) is 3.34. The number of aromatic nitrogens is 2. The molecule has 0 spiro atoms. The SMILES string of the molecule is C=Cn1c2c(c3ccc(-n4ccc(-c5ccc(Cl)cc5OC)cc4=O)cc31)CCN(C)C2. The van der Waals surface area contributed by atoms with Gasteiger partial charge in [-0.05, 0) is 61.0 Å². The van der Waals surface area contributed by atoms with Gasteiger partial charge >= 0.3 is 0 Å². The normalized spacial score (nSPS) is 13.8. The van der Waals surface area contributed by atoms with Gasteiger partial charge in [-0.25, -0.2) is 0 Å². The molecule has 0 radical (unpaired) electrons. The molecule has 0 fully saturated rings. The minimum atomic E-state index is -0.111. The molecule has 2 aromatic carbocycles. The van der Waals surface area contributed by atoms with Crippen molar-refractivity contribution in [1.82, 2.24) is 14.0 Å². The quantitative estimate of drug-likeness (QED) is 0.433. The molecule has 5 rings (SSSR count). The van der Waals surface area contributed by atoms with Crippen LogP contribution in [0.5, 0.6) is 5.75 Å². The van der Waals surface area contributed by atoms with Crippen molar-refractivity contribution >= 4 is 28.7 Å². The molecule has 0 amide bonds. The number of hydrogen-bond acceptors (Lipinski definition) is 3. The van der Waals surface area contributed by atoms with E-state index in [1.165, 1.54) is 16.6 Å². The van der Waals surface area contributed by atoms with E-state index in [1.807, 2.05) is 30.6 Å². The van der Waals surface area contributed by atoms with Crippen LogP contribution < -0.4 is 10.3 Å². The Balaban J connectivity index is 1.61. The Bertz CT molecular complexity index is 1420. The summed E-state index contributed by atoms with van der Waals surface area (Å²) >= 11 is 6.08. The van der Waals surface area contributed by atoms with Crippen LogP contribution in [0.3, 0.4) is 0 Å². The van der Waals surface area contributed by atoms with Crippen LogP contribution in [0.25, 0.3) is 33.9 Å². The first kappa shape index (κ1) is 20.6. The van der Waals surface area contributed by atoms with E-state index in [9.17, 15) is 4.79 Å². The maximum atomic E-state index is 13.1. The average Bonchev–Trinajstić information content (AvgIpc) is 3.10. The molecule has 1 aliphatic heterocycles. The molecule has 0 N–H and O–H groups in total. The molecule has 1 aliphatic rings. The molecule has 0 saturated carbocycles. The highest BCUT2D eigenvalue weighted by Gasteiger charge is 2.22. The van der Waals surface area contributed by atoms with Gasteiger partial charge in [-0.1, -0.05) is 24.2 Å². The van der Waals surface area contributed by atoms with Crippen LogP contribution in [0.15, 0.2) is 66.1 Å². The zero-order chi connectivity index (χ0) is 22.4. The summed E-state index contributed by atoms with van der Waals surface area (Å²) in [6, 6.07) is 15.2. The molecule has 162 valence electrons. The standard InChI is InChI=1S/C26H24ClN3O2/c1-4-29-23-15-19(6-8-21(23)22-10-11-28(2)16-24(22)29)30-12-9-17(13-26(30)31)20-7-5-18(27)14-25(20)32-3/h4-9,12-15H,1,10-11,16H2,2-3H3. The molecule has 5 nitrogen and oxygen atoms in total. The number of pyridine rings is 1. The summed E-state index contributed by atoms with van der Waals surface area (Å²) < 4.78 is 9.27. The molecular weight excluding hydrogens is 422 g/mol. The largest absolute Gasteiger partial charge is 0.496 e. The summed E-state index contributed by atoms with van der Waals surface area (Å²) in [5.41, 5.74) is 6.06. The summed E-state index contributed by atoms with van der Waals surface area (Å²) in [6.07, 6.45) is 4.69. The van der Waals surface area contributed by atoms with Crippen LogP contribution in [0, 0.1) is 0 Å². The number of ether oxygens (including phenoxy) is 1. The number of benzene rings is 2. The second-order valence-electron chi connectivity index (χ2n) is 8.14. The van der Waals surface area contributed by atoms with Crippen molar-refractivity contribution in [3.63, 3.8) is 0 Å². The summed E-state index contributed by atoms with van der Waals surface area (Å²) in [7, 11) is 3.73. The van der Waals surface area contributed by atoms with E-state index in [4.69, 9.17) is 16.3 Å². The van der Waals surface area contributed by atoms with Gasteiger partial charge in [0.15, 0.2) is 0 Å². The smallest absolute Gasteiger partial charge is 0.255 e. The van der Waals surface area contributed by atoms with Crippen molar-refractivity contribution in [1.29, 1.82) is 0 Å². The molecule has 0 bridgehead atoms. The van der Waals surface area contributed by atoms with Gasteiger partial charge in [0.1, 0.15) is 5.75 Å². The van der Waals surface area contributed by atoms with Crippen LogP contribution in [0.1, 0.15) is 11.3 Å². The Morgan fingerprint density at radius 3 is 2.72 bits per heavy atom. The van der Waals surface area contributed by atoms with Crippen LogP contribution in [-0.2, 0) is 13.0 Å². The molecule has 32 heavy (non-hydrogen) atoms. The molecule has 0 unspecified atom stereocenters. The molecular formula is C26H24ClN3O2. The Kier molecular flexibility index (Phi) is 5.16. The minimum absolute atomic E-state index is 0.111. The Hall–Kier alpha value is -3.28. The van der Waals surface area contributed by atoms with Gasteiger partial charge in [0, 0.05) is 53.2 Å². The highest BCUT2D eigenvalue weighted by molar-refractivity contribution is 6.30. The van der Waals surface area contributed by atoms with E-state index in [-0.39, 0.29) is 5.56 Å². The Morgan fingerprint density at radius 1 is 1.12 bits per heavy atom. The van der Waals surface area contributed by atoms with E-state index in [2.05, 4.69) is 35.2 Å². The number of fused-ring (bicyclic) bond motifs is 3. The maximum absolute atomic E-state index is 13.1. The first-order valence-corrected chi connectivity index (χ1v) is 10.9. The van der Waals surface area contributed by atoms with Gasteiger partial charge < -0.3 is 14.2 Å². The fraction of sp³-hybridized carbons (Fsp3) is 0.192. The van der Waals surface area contributed by atoms with E-state index >= 15 is 0 Å². The third-order valence-electron chi connectivity index (χ3n) is 6.22. The molecule has 3 heterocycles. The number of nitrogens with zero attached hydrogens (tertiary/aromatic N) is 3. The van der Waals surface area contributed by atoms with Gasteiger partial charge in [0.05, 0.1) is 18.3 Å². The van der Waals surface area contributed by atoms with Gasteiger partial charge in [-0.2, -0.15) is 0 Å². The minimum Gasteiger partial charge on any atom is -0.496 e. The topological polar surface area (TPSA) is 39.4 Å². The number of methoxy groups -OCH3 is 1. The number of rotatable bonds is 4. The van der Waals surface area contributed by atoms with Crippen LogP contribution >= 0.6 is 11.6 Å².